The minimum absolute atomic E-state index is 0.572. The number of rotatable bonds is 5. The van der Waals surface area contributed by atoms with Crippen molar-refractivity contribution in [1.82, 2.24) is 0 Å². The molecule has 0 aromatic heterocycles. The second-order valence-electron chi connectivity index (χ2n) is 9.43. The summed E-state index contributed by atoms with van der Waals surface area (Å²) in [4.78, 5) is 2.67. The topological polar surface area (TPSA) is 3.24 Å². The number of aryl methyl sites for hydroxylation is 1. The predicted molar refractivity (Wildman–Crippen MR) is 144 cm³/mol. The van der Waals surface area contributed by atoms with E-state index in [1.165, 1.54) is 54.4 Å². The van der Waals surface area contributed by atoms with Gasteiger partial charge in [-0.1, -0.05) is 72.8 Å². The molecule has 0 saturated carbocycles. The lowest BCUT2D eigenvalue weighted by Crippen LogP contribution is -2.40. The zero-order valence-electron chi connectivity index (χ0n) is 19.1. The van der Waals surface area contributed by atoms with E-state index >= 15 is 0 Å². The van der Waals surface area contributed by atoms with E-state index in [-0.39, 0.29) is 0 Å². The Bertz CT molecular complexity index is 1120. The van der Waals surface area contributed by atoms with E-state index in [0.29, 0.717) is 5.92 Å². The third kappa shape index (κ3) is 3.60. The van der Waals surface area contributed by atoms with Crippen molar-refractivity contribution < 1.29 is 0 Å². The van der Waals surface area contributed by atoms with E-state index in [0.717, 1.165) is 0 Å². The molecule has 0 aliphatic carbocycles. The van der Waals surface area contributed by atoms with Crippen LogP contribution in [-0.2, 0) is 6.42 Å². The van der Waals surface area contributed by atoms with Gasteiger partial charge in [-0.3, -0.25) is 0 Å². The van der Waals surface area contributed by atoms with Gasteiger partial charge in [0, 0.05) is 24.7 Å². The molecule has 1 nitrogen and oxygen atoms in total. The SMILES string of the molecule is c1ccc([P+](CC2CCN3CCCc4cccc2c43)(c2ccccc2)c2ccccc2)cc1. The lowest BCUT2D eigenvalue weighted by molar-refractivity contribution is 0.583. The zero-order valence-corrected chi connectivity index (χ0v) is 20.0. The lowest BCUT2D eigenvalue weighted by Gasteiger charge is -2.41. The first-order valence-corrected chi connectivity index (χ1v) is 14.3. The lowest BCUT2D eigenvalue weighted by atomic mass is 9.86. The molecule has 6 rings (SSSR count). The van der Waals surface area contributed by atoms with Gasteiger partial charge >= 0.3 is 0 Å². The first kappa shape index (κ1) is 20.7. The Morgan fingerprint density at radius 2 is 1.21 bits per heavy atom. The molecule has 0 spiro atoms. The van der Waals surface area contributed by atoms with E-state index in [9.17, 15) is 0 Å². The second-order valence-corrected chi connectivity index (χ2v) is 13.0. The Labute approximate surface area is 198 Å². The second kappa shape index (κ2) is 8.81. The maximum Gasteiger partial charge on any atom is 0.112 e. The van der Waals surface area contributed by atoms with Crippen molar-refractivity contribution in [2.75, 3.05) is 24.2 Å². The first-order valence-electron chi connectivity index (χ1n) is 12.3. The van der Waals surface area contributed by atoms with Crippen LogP contribution < -0.4 is 20.8 Å². The van der Waals surface area contributed by atoms with E-state index in [1.807, 2.05) is 0 Å². The van der Waals surface area contributed by atoms with Crippen LogP contribution in [0.2, 0.25) is 0 Å². The van der Waals surface area contributed by atoms with Crippen LogP contribution in [0.5, 0.6) is 0 Å². The highest BCUT2D eigenvalue weighted by Crippen LogP contribution is 2.59. The van der Waals surface area contributed by atoms with Crippen LogP contribution in [0.25, 0.3) is 0 Å². The maximum absolute atomic E-state index is 2.67. The summed E-state index contributed by atoms with van der Waals surface area (Å²) in [5.41, 5.74) is 4.71. The minimum Gasteiger partial charge on any atom is -0.371 e. The monoisotopic (exact) mass is 448 g/mol. The molecule has 164 valence electrons. The zero-order chi connectivity index (χ0) is 22.1. The molecular formula is C31H31NP+. The van der Waals surface area contributed by atoms with Crippen LogP contribution in [0.4, 0.5) is 5.69 Å². The number of nitrogens with zero attached hydrogens (tertiary/aromatic N) is 1. The number of hydrogen-bond acceptors (Lipinski definition) is 1. The highest BCUT2D eigenvalue weighted by molar-refractivity contribution is 7.95. The van der Waals surface area contributed by atoms with Crippen LogP contribution in [-0.4, -0.2) is 19.3 Å². The predicted octanol–water partition coefficient (Wildman–Crippen LogP) is 5.92. The average Bonchev–Trinajstić information content (AvgIpc) is 2.90. The van der Waals surface area contributed by atoms with Crippen molar-refractivity contribution in [3.63, 3.8) is 0 Å². The van der Waals surface area contributed by atoms with E-state index in [4.69, 9.17) is 0 Å². The first-order chi connectivity index (χ1) is 16.4. The largest absolute Gasteiger partial charge is 0.371 e. The smallest absolute Gasteiger partial charge is 0.112 e. The number of benzene rings is 4. The summed E-state index contributed by atoms with van der Waals surface area (Å²) in [6.07, 6.45) is 4.94. The summed E-state index contributed by atoms with van der Waals surface area (Å²) in [7, 11) is -1.82. The van der Waals surface area contributed by atoms with Crippen molar-refractivity contribution in [3.8, 4) is 0 Å². The van der Waals surface area contributed by atoms with Gasteiger partial charge in [0.05, 0.1) is 6.16 Å². The van der Waals surface area contributed by atoms with Gasteiger partial charge in [-0.15, -0.1) is 0 Å². The minimum atomic E-state index is -1.82. The maximum atomic E-state index is 2.67. The molecular weight excluding hydrogens is 417 g/mol. The summed E-state index contributed by atoms with van der Waals surface area (Å²) < 4.78 is 0. The Morgan fingerprint density at radius 3 is 1.79 bits per heavy atom. The molecule has 0 fully saturated rings. The van der Waals surface area contributed by atoms with Gasteiger partial charge in [0.25, 0.3) is 0 Å². The molecule has 2 heterocycles. The molecule has 1 atom stereocenters. The van der Waals surface area contributed by atoms with Gasteiger partial charge in [-0.05, 0) is 66.8 Å². The van der Waals surface area contributed by atoms with Gasteiger partial charge in [-0.25, -0.2) is 0 Å². The molecule has 0 bridgehead atoms. The standard InChI is InChI=1S/C31H31NP/c1-4-14-27(15-5-1)33(28-16-6-2-7-17-28,29-18-8-3-9-19-29)24-26-21-23-32-22-11-13-25-12-10-20-30(26)31(25)32/h1-10,12,14-20,26H,11,13,21-24H2/q+1. The fourth-order valence-corrected chi connectivity index (χ4v) is 10.7. The summed E-state index contributed by atoms with van der Waals surface area (Å²) in [5.74, 6) is 0.572. The molecule has 2 aliphatic rings. The molecule has 1 unspecified atom stereocenters. The Balaban J connectivity index is 1.55. The number of hydrogen-bond donors (Lipinski definition) is 0. The van der Waals surface area contributed by atoms with E-state index in [1.54, 1.807) is 16.8 Å². The highest BCUT2D eigenvalue weighted by atomic mass is 31.2. The normalized spacial score (nSPS) is 17.5. The van der Waals surface area contributed by atoms with Crippen molar-refractivity contribution >= 4 is 28.9 Å². The van der Waals surface area contributed by atoms with Gasteiger partial charge in [0.1, 0.15) is 23.2 Å². The van der Waals surface area contributed by atoms with Crippen LogP contribution >= 0.6 is 7.26 Å². The van der Waals surface area contributed by atoms with Crippen LogP contribution in [0.1, 0.15) is 29.9 Å². The third-order valence-corrected chi connectivity index (χ3v) is 12.1. The van der Waals surface area contributed by atoms with Crippen molar-refractivity contribution in [3.05, 3.63) is 120 Å². The van der Waals surface area contributed by atoms with E-state index < -0.39 is 7.26 Å². The quantitative estimate of drug-likeness (QED) is 0.343. The van der Waals surface area contributed by atoms with Gasteiger partial charge in [0.2, 0.25) is 0 Å². The van der Waals surface area contributed by atoms with Gasteiger partial charge < -0.3 is 4.90 Å². The molecule has 0 N–H and O–H groups in total. The summed E-state index contributed by atoms with van der Waals surface area (Å²) >= 11 is 0. The summed E-state index contributed by atoms with van der Waals surface area (Å²) in [5, 5.41) is 4.49. The summed E-state index contributed by atoms with van der Waals surface area (Å²) in [6.45, 7) is 2.40. The molecule has 2 aliphatic heterocycles. The Kier molecular flexibility index (Phi) is 5.52. The van der Waals surface area contributed by atoms with Crippen molar-refractivity contribution in [1.29, 1.82) is 0 Å². The molecule has 2 heteroatoms. The van der Waals surface area contributed by atoms with Gasteiger partial charge in [0.15, 0.2) is 0 Å². The average molecular weight is 449 g/mol. The molecule has 33 heavy (non-hydrogen) atoms. The molecule has 4 aromatic carbocycles. The fourth-order valence-electron chi connectivity index (χ4n) is 6.12. The van der Waals surface area contributed by atoms with Crippen LogP contribution in [0.3, 0.4) is 0 Å². The number of para-hydroxylation sites is 1. The highest BCUT2D eigenvalue weighted by Gasteiger charge is 2.48. The van der Waals surface area contributed by atoms with Crippen molar-refractivity contribution in [2.45, 2.75) is 25.2 Å². The van der Waals surface area contributed by atoms with Crippen molar-refractivity contribution in [2.24, 2.45) is 0 Å². The fraction of sp³-hybridized carbons (Fsp3) is 0.226. The van der Waals surface area contributed by atoms with Crippen LogP contribution in [0, 0.1) is 0 Å². The third-order valence-electron chi connectivity index (χ3n) is 7.61. The van der Waals surface area contributed by atoms with E-state index in [2.05, 4.69) is 114 Å². The number of anilines is 1. The molecule has 4 aromatic rings. The molecule has 0 saturated heterocycles. The Hall–Kier alpha value is -2.89. The van der Waals surface area contributed by atoms with Crippen LogP contribution in [0.15, 0.2) is 109 Å². The summed E-state index contributed by atoms with van der Waals surface area (Å²) in [6, 6.07) is 41.2. The van der Waals surface area contributed by atoms with Gasteiger partial charge in [-0.2, -0.15) is 0 Å². The molecule has 0 radical (unpaired) electrons. The molecule has 0 amide bonds. The Morgan fingerprint density at radius 1 is 0.636 bits per heavy atom.